The zero-order valence-electron chi connectivity index (χ0n) is 7.07. The summed E-state index contributed by atoms with van der Waals surface area (Å²) >= 11 is 0. The molecule has 0 unspecified atom stereocenters. The van der Waals surface area contributed by atoms with Crippen molar-refractivity contribution in [3.63, 3.8) is 0 Å². The molecule has 0 rings (SSSR count). The van der Waals surface area contributed by atoms with Gasteiger partial charge in [0, 0.05) is 13.0 Å². The molecule has 0 heterocycles. The number of rotatable bonds is 6. The lowest BCUT2D eigenvalue weighted by Gasteiger charge is -2.03. The van der Waals surface area contributed by atoms with E-state index in [4.69, 9.17) is 0 Å². The lowest BCUT2D eigenvalue weighted by Crippen LogP contribution is -2.31. The fourth-order valence-corrected chi connectivity index (χ4v) is 0.658. The maximum absolute atomic E-state index is 11.6. The van der Waals surface area contributed by atoms with Gasteiger partial charge in [-0.2, -0.15) is 0 Å². The molecule has 0 saturated heterocycles. The van der Waals surface area contributed by atoms with Crippen LogP contribution in [0.1, 0.15) is 13.3 Å². The van der Waals surface area contributed by atoms with E-state index in [0.717, 1.165) is 6.54 Å². The van der Waals surface area contributed by atoms with E-state index in [0.29, 0.717) is 6.54 Å². The van der Waals surface area contributed by atoms with Crippen LogP contribution in [0.3, 0.4) is 0 Å². The first-order valence-electron chi connectivity index (χ1n) is 3.92. The van der Waals surface area contributed by atoms with E-state index in [1.54, 1.807) is 0 Å². The van der Waals surface area contributed by atoms with Gasteiger partial charge < -0.3 is 10.6 Å². The van der Waals surface area contributed by atoms with Crippen LogP contribution in [-0.2, 0) is 4.79 Å². The SMILES string of the molecule is CCNCCC(=O)NCC(F)F. The van der Waals surface area contributed by atoms with Crippen molar-refractivity contribution in [3.05, 3.63) is 0 Å². The average Bonchev–Trinajstić information content (AvgIpc) is 2.01. The predicted octanol–water partition coefficient (Wildman–Crippen LogP) is 0.367. The topological polar surface area (TPSA) is 41.1 Å². The largest absolute Gasteiger partial charge is 0.350 e. The molecule has 1 amide bonds. The van der Waals surface area contributed by atoms with E-state index in [-0.39, 0.29) is 12.3 Å². The second-order valence-corrected chi connectivity index (χ2v) is 2.30. The van der Waals surface area contributed by atoms with Gasteiger partial charge in [0.1, 0.15) is 0 Å². The predicted molar refractivity (Wildman–Crippen MR) is 42.2 cm³/mol. The van der Waals surface area contributed by atoms with Gasteiger partial charge in [0.05, 0.1) is 6.54 Å². The highest BCUT2D eigenvalue weighted by Gasteiger charge is 2.04. The van der Waals surface area contributed by atoms with Crippen LogP contribution >= 0.6 is 0 Å². The van der Waals surface area contributed by atoms with Crippen molar-refractivity contribution >= 4 is 5.91 Å². The molecule has 0 aliphatic carbocycles. The molecule has 12 heavy (non-hydrogen) atoms. The van der Waals surface area contributed by atoms with Gasteiger partial charge in [-0.15, -0.1) is 0 Å². The van der Waals surface area contributed by atoms with Crippen LogP contribution < -0.4 is 10.6 Å². The Morgan fingerprint density at radius 2 is 2.17 bits per heavy atom. The highest BCUT2D eigenvalue weighted by atomic mass is 19.3. The monoisotopic (exact) mass is 180 g/mol. The van der Waals surface area contributed by atoms with Gasteiger partial charge in [-0.1, -0.05) is 6.92 Å². The molecule has 0 radical (unpaired) electrons. The number of amides is 1. The van der Waals surface area contributed by atoms with Gasteiger partial charge in [-0.25, -0.2) is 8.78 Å². The first kappa shape index (κ1) is 11.3. The molecule has 0 saturated carbocycles. The maximum atomic E-state index is 11.6. The zero-order valence-corrected chi connectivity index (χ0v) is 7.07. The number of alkyl halides is 2. The van der Waals surface area contributed by atoms with Gasteiger partial charge >= 0.3 is 0 Å². The van der Waals surface area contributed by atoms with Gasteiger partial charge in [0.2, 0.25) is 5.91 Å². The molecular formula is C7H14F2N2O. The van der Waals surface area contributed by atoms with E-state index in [1.807, 2.05) is 6.92 Å². The Labute approximate surface area is 70.5 Å². The van der Waals surface area contributed by atoms with Crippen LogP contribution in [-0.4, -0.2) is 32.0 Å². The Kier molecular flexibility index (Phi) is 6.55. The molecule has 0 spiro atoms. The lowest BCUT2D eigenvalue weighted by atomic mass is 10.4. The number of hydrogen-bond donors (Lipinski definition) is 2. The van der Waals surface area contributed by atoms with Crippen LogP contribution in [0.5, 0.6) is 0 Å². The van der Waals surface area contributed by atoms with Crippen LogP contribution in [0.15, 0.2) is 0 Å². The van der Waals surface area contributed by atoms with Crippen LogP contribution in [0, 0.1) is 0 Å². The van der Waals surface area contributed by atoms with Crippen molar-refractivity contribution in [2.24, 2.45) is 0 Å². The first-order valence-corrected chi connectivity index (χ1v) is 3.92. The summed E-state index contributed by atoms with van der Waals surface area (Å²) < 4.78 is 23.1. The lowest BCUT2D eigenvalue weighted by molar-refractivity contribution is -0.121. The van der Waals surface area contributed by atoms with Gasteiger partial charge in [-0.05, 0) is 6.54 Å². The molecule has 0 atom stereocenters. The summed E-state index contributed by atoms with van der Waals surface area (Å²) in [6, 6.07) is 0. The Balaban J connectivity index is 3.22. The molecule has 0 aromatic carbocycles. The third kappa shape index (κ3) is 7.40. The van der Waals surface area contributed by atoms with Crippen LogP contribution in [0.4, 0.5) is 8.78 Å². The summed E-state index contributed by atoms with van der Waals surface area (Å²) in [6.45, 7) is 2.68. The number of nitrogens with one attached hydrogen (secondary N) is 2. The molecule has 5 heteroatoms. The second kappa shape index (κ2) is 6.97. The van der Waals surface area contributed by atoms with E-state index < -0.39 is 13.0 Å². The first-order chi connectivity index (χ1) is 5.66. The third-order valence-corrected chi connectivity index (χ3v) is 1.23. The molecule has 0 aliphatic rings. The summed E-state index contributed by atoms with van der Waals surface area (Å²) in [7, 11) is 0. The summed E-state index contributed by atoms with van der Waals surface area (Å²) in [4.78, 5) is 10.7. The number of hydrogen-bond acceptors (Lipinski definition) is 2. The van der Waals surface area contributed by atoms with Gasteiger partial charge in [0.15, 0.2) is 0 Å². The zero-order chi connectivity index (χ0) is 9.40. The summed E-state index contributed by atoms with van der Waals surface area (Å²) in [5.74, 6) is -0.337. The number of carbonyl (C=O) groups is 1. The fraction of sp³-hybridized carbons (Fsp3) is 0.857. The Bertz CT molecular complexity index is 131. The normalized spacial score (nSPS) is 10.3. The van der Waals surface area contributed by atoms with Crippen LogP contribution in [0.25, 0.3) is 0 Å². The summed E-state index contributed by atoms with van der Waals surface area (Å²) in [6.07, 6.45) is -2.21. The quantitative estimate of drug-likeness (QED) is 0.580. The molecule has 2 N–H and O–H groups in total. The second-order valence-electron chi connectivity index (χ2n) is 2.30. The Hall–Kier alpha value is -0.710. The molecule has 72 valence electrons. The number of carbonyl (C=O) groups excluding carboxylic acids is 1. The number of halogens is 2. The van der Waals surface area contributed by atoms with E-state index >= 15 is 0 Å². The maximum Gasteiger partial charge on any atom is 0.255 e. The Morgan fingerprint density at radius 3 is 2.67 bits per heavy atom. The highest BCUT2D eigenvalue weighted by molar-refractivity contribution is 5.76. The highest BCUT2D eigenvalue weighted by Crippen LogP contribution is 1.88. The molecule has 0 aromatic heterocycles. The summed E-state index contributed by atoms with van der Waals surface area (Å²) in [5.41, 5.74) is 0. The Morgan fingerprint density at radius 1 is 1.50 bits per heavy atom. The average molecular weight is 180 g/mol. The summed E-state index contributed by atoms with van der Waals surface area (Å²) in [5, 5.41) is 5.03. The van der Waals surface area contributed by atoms with Gasteiger partial charge in [-0.3, -0.25) is 4.79 Å². The molecule has 0 fully saturated rings. The van der Waals surface area contributed by atoms with Crippen molar-refractivity contribution in [3.8, 4) is 0 Å². The molecule has 0 aliphatic heterocycles. The van der Waals surface area contributed by atoms with E-state index in [9.17, 15) is 13.6 Å². The minimum absolute atomic E-state index is 0.251. The minimum Gasteiger partial charge on any atom is -0.350 e. The van der Waals surface area contributed by atoms with Crippen molar-refractivity contribution in [2.75, 3.05) is 19.6 Å². The third-order valence-electron chi connectivity index (χ3n) is 1.23. The van der Waals surface area contributed by atoms with E-state index in [2.05, 4.69) is 10.6 Å². The fourth-order valence-electron chi connectivity index (χ4n) is 0.658. The van der Waals surface area contributed by atoms with Crippen molar-refractivity contribution in [2.45, 2.75) is 19.8 Å². The molecule has 0 aromatic rings. The van der Waals surface area contributed by atoms with E-state index in [1.165, 1.54) is 0 Å². The van der Waals surface area contributed by atoms with Gasteiger partial charge in [0.25, 0.3) is 6.43 Å². The molecule has 0 bridgehead atoms. The van der Waals surface area contributed by atoms with Crippen molar-refractivity contribution in [1.29, 1.82) is 0 Å². The van der Waals surface area contributed by atoms with Crippen molar-refractivity contribution < 1.29 is 13.6 Å². The van der Waals surface area contributed by atoms with Crippen LogP contribution in [0.2, 0.25) is 0 Å². The standard InChI is InChI=1S/C7H14F2N2O/c1-2-10-4-3-7(12)11-5-6(8)9/h6,10H,2-5H2,1H3,(H,11,12). The smallest absolute Gasteiger partial charge is 0.255 e. The molecule has 3 nitrogen and oxygen atoms in total. The molecular weight excluding hydrogens is 166 g/mol. The van der Waals surface area contributed by atoms with Crippen molar-refractivity contribution in [1.82, 2.24) is 10.6 Å². The minimum atomic E-state index is -2.46.